The zero-order valence-corrected chi connectivity index (χ0v) is 11.8. The standard InChI is InChI=1S/C12H19ClO5/c1-10(2)15-7-5-14-12(6-13)9(8(7)16-10)17-11(3,4)18-12/h7-9H,5-6H2,1-4H3/t7-,8-,9+,12+/m1/s1. The molecule has 0 radical (unpaired) electrons. The van der Waals surface area contributed by atoms with Crippen molar-refractivity contribution in [1.82, 2.24) is 0 Å². The Morgan fingerprint density at radius 2 is 1.78 bits per heavy atom. The number of alkyl halides is 1. The predicted octanol–water partition coefficient (Wildman–Crippen LogP) is 1.62. The minimum Gasteiger partial charge on any atom is -0.344 e. The first-order chi connectivity index (χ1) is 8.27. The highest BCUT2D eigenvalue weighted by atomic mass is 35.5. The Balaban J connectivity index is 1.90. The molecule has 6 heteroatoms. The van der Waals surface area contributed by atoms with Crippen molar-refractivity contribution in [3.8, 4) is 0 Å². The number of ether oxygens (including phenoxy) is 5. The zero-order valence-electron chi connectivity index (χ0n) is 11.1. The summed E-state index contributed by atoms with van der Waals surface area (Å²) < 4.78 is 29.3. The van der Waals surface area contributed by atoms with E-state index in [-0.39, 0.29) is 24.2 Å². The second kappa shape index (κ2) is 3.81. The van der Waals surface area contributed by atoms with Gasteiger partial charge in [0.15, 0.2) is 11.6 Å². The molecular weight excluding hydrogens is 260 g/mol. The molecule has 104 valence electrons. The molecule has 0 spiro atoms. The summed E-state index contributed by atoms with van der Waals surface area (Å²) in [5, 5.41) is 0. The summed E-state index contributed by atoms with van der Waals surface area (Å²) in [5.41, 5.74) is 0. The largest absolute Gasteiger partial charge is 0.344 e. The second-order valence-corrected chi connectivity index (χ2v) is 6.20. The smallest absolute Gasteiger partial charge is 0.214 e. The summed E-state index contributed by atoms with van der Waals surface area (Å²) in [5.74, 6) is -2.09. The van der Waals surface area contributed by atoms with E-state index in [0.717, 1.165) is 0 Å². The third kappa shape index (κ3) is 1.88. The summed E-state index contributed by atoms with van der Waals surface area (Å²) >= 11 is 6.03. The van der Waals surface area contributed by atoms with Gasteiger partial charge in [0.05, 0.1) is 12.5 Å². The molecule has 3 rings (SSSR count). The molecular formula is C12H19ClO5. The minimum absolute atomic E-state index is 0.140. The molecule has 3 aliphatic heterocycles. The molecule has 0 bridgehead atoms. The van der Waals surface area contributed by atoms with Gasteiger partial charge < -0.3 is 23.7 Å². The van der Waals surface area contributed by atoms with Crippen LogP contribution in [-0.4, -0.2) is 48.2 Å². The molecule has 0 amide bonds. The van der Waals surface area contributed by atoms with Gasteiger partial charge in [0.25, 0.3) is 0 Å². The molecule has 0 aromatic heterocycles. The van der Waals surface area contributed by atoms with Crippen LogP contribution in [0.4, 0.5) is 0 Å². The Morgan fingerprint density at radius 1 is 1.06 bits per heavy atom. The summed E-state index contributed by atoms with van der Waals surface area (Å²) in [6.07, 6.45) is -0.723. The van der Waals surface area contributed by atoms with Crippen molar-refractivity contribution in [2.75, 3.05) is 12.5 Å². The molecule has 5 nitrogen and oxygen atoms in total. The molecule has 0 aromatic rings. The first-order valence-electron chi connectivity index (χ1n) is 6.20. The molecule has 0 saturated carbocycles. The summed E-state index contributed by atoms with van der Waals surface area (Å²) in [4.78, 5) is 0. The van der Waals surface area contributed by atoms with Gasteiger partial charge in [0.1, 0.15) is 18.3 Å². The van der Waals surface area contributed by atoms with E-state index < -0.39 is 17.4 Å². The van der Waals surface area contributed by atoms with Gasteiger partial charge in [0.2, 0.25) is 5.79 Å². The van der Waals surface area contributed by atoms with Gasteiger partial charge in [-0.3, -0.25) is 0 Å². The van der Waals surface area contributed by atoms with Gasteiger partial charge >= 0.3 is 0 Å². The number of hydrogen-bond acceptors (Lipinski definition) is 5. The van der Waals surface area contributed by atoms with Crippen molar-refractivity contribution in [3.63, 3.8) is 0 Å². The molecule has 0 N–H and O–H groups in total. The lowest BCUT2D eigenvalue weighted by atomic mass is 9.98. The first kappa shape index (κ1) is 13.1. The number of rotatable bonds is 1. The quantitative estimate of drug-likeness (QED) is 0.682. The lowest BCUT2D eigenvalue weighted by Crippen LogP contribution is -2.59. The third-order valence-electron chi connectivity index (χ3n) is 3.46. The van der Waals surface area contributed by atoms with Crippen LogP contribution in [0.2, 0.25) is 0 Å². The normalized spacial score (nSPS) is 48.8. The van der Waals surface area contributed by atoms with Crippen molar-refractivity contribution in [3.05, 3.63) is 0 Å². The fourth-order valence-corrected chi connectivity index (χ4v) is 3.22. The lowest BCUT2D eigenvalue weighted by molar-refractivity contribution is -0.268. The monoisotopic (exact) mass is 278 g/mol. The van der Waals surface area contributed by atoms with Gasteiger partial charge in [-0.25, -0.2) is 0 Å². The van der Waals surface area contributed by atoms with Crippen LogP contribution in [0.1, 0.15) is 27.7 Å². The van der Waals surface area contributed by atoms with Crippen LogP contribution >= 0.6 is 11.6 Å². The van der Waals surface area contributed by atoms with E-state index >= 15 is 0 Å². The van der Waals surface area contributed by atoms with Crippen molar-refractivity contribution >= 4 is 11.6 Å². The van der Waals surface area contributed by atoms with Crippen LogP contribution in [0.3, 0.4) is 0 Å². The molecule has 3 heterocycles. The second-order valence-electron chi connectivity index (χ2n) is 5.94. The highest BCUT2D eigenvalue weighted by Gasteiger charge is 2.64. The van der Waals surface area contributed by atoms with Crippen molar-refractivity contribution in [2.24, 2.45) is 0 Å². The fraction of sp³-hybridized carbons (Fsp3) is 1.00. The third-order valence-corrected chi connectivity index (χ3v) is 3.83. The van der Waals surface area contributed by atoms with E-state index in [9.17, 15) is 0 Å². The first-order valence-corrected chi connectivity index (χ1v) is 6.74. The van der Waals surface area contributed by atoms with Gasteiger partial charge in [-0.2, -0.15) is 0 Å². The van der Waals surface area contributed by atoms with E-state index in [4.69, 9.17) is 35.3 Å². The molecule has 18 heavy (non-hydrogen) atoms. The van der Waals surface area contributed by atoms with E-state index in [0.29, 0.717) is 6.61 Å². The van der Waals surface area contributed by atoms with Gasteiger partial charge in [-0.05, 0) is 27.7 Å². The molecule has 0 aromatic carbocycles. The van der Waals surface area contributed by atoms with E-state index in [2.05, 4.69) is 0 Å². The van der Waals surface area contributed by atoms with Crippen LogP contribution < -0.4 is 0 Å². The van der Waals surface area contributed by atoms with Gasteiger partial charge in [-0.15, -0.1) is 11.6 Å². The minimum atomic E-state index is -0.935. The van der Waals surface area contributed by atoms with Gasteiger partial charge in [0, 0.05) is 0 Å². The number of hydrogen-bond donors (Lipinski definition) is 0. The molecule has 3 fully saturated rings. The van der Waals surface area contributed by atoms with Crippen molar-refractivity contribution in [1.29, 1.82) is 0 Å². The van der Waals surface area contributed by atoms with Crippen LogP contribution in [-0.2, 0) is 23.7 Å². The molecule has 3 saturated heterocycles. The van der Waals surface area contributed by atoms with Crippen LogP contribution in [0.15, 0.2) is 0 Å². The van der Waals surface area contributed by atoms with E-state index in [1.807, 2.05) is 27.7 Å². The Morgan fingerprint density at radius 3 is 2.44 bits per heavy atom. The van der Waals surface area contributed by atoms with Gasteiger partial charge in [-0.1, -0.05) is 0 Å². The van der Waals surface area contributed by atoms with Crippen LogP contribution in [0.25, 0.3) is 0 Å². The average molecular weight is 279 g/mol. The maximum atomic E-state index is 6.03. The highest BCUT2D eigenvalue weighted by Crippen LogP contribution is 2.47. The number of fused-ring (bicyclic) bond motifs is 3. The van der Waals surface area contributed by atoms with E-state index in [1.54, 1.807) is 0 Å². The molecule has 4 atom stereocenters. The maximum absolute atomic E-state index is 6.03. The fourth-order valence-electron chi connectivity index (χ4n) is 2.94. The Labute approximate surface area is 112 Å². The Kier molecular flexibility index (Phi) is 2.77. The SMILES string of the molecule is CC1(C)O[C@@H]2[C@@H](CO[C@@]3(CCl)OC(C)(C)O[C@@H]23)O1. The predicted molar refractivity (Wildman–Crippen MR) is 63.3 cm³/mol. The molecule has 0 unspecified atom stereocenters. The van der Waals surface area contributed by atoms with Crippen molar-refractivity contribution < 1.29 is 23.7 Å². The Bertz CT molecular complexity index is 358. The zero-order chi connectivity index (χ0) is 13.2. The molecule has 0 aliphatic carbocycles. The van der Waals surface area contributed by atoms with Crippen molar-refractivity contribution in [2.45, 2.75) is 63.4 Å². The highest BCUT2D eigenvalue weighted by molar-refractivity contribution is 6.18. The number of halogens is 1. The molecule has 3 aliphatic rings. The Hall–Kier alpha value is 0.0900. The topological polar surface area (TPSA) is 46.2 Å². The van der Waals surface area contributed by atoms with E-state index in [1.165, 1.54) is 0 Å². The van der Waals surface area contributed by atoms with Crippen LogP contribution in [0.5, 0.6) is 0 Å². The van der Waals surface area contributed by atoms with Crippen LogP contribution in [0, 0.1) is 0 Å². The lowest BCUT2D eigenvalue weighted by Gasteiger charge is -2.39. The maximum Gasteiger partial charge on any atom is 0.214 e. The summed E-state index contributed by atoms with van der Waals surface area (Å²) in [6.45, 7) is 7.86. The summed E-state index contributed by atoms with van der Waals surface area (Å²) in [6, 6.07) is 0. The summed E-state index contributed by atoms with van der Waals surface area (Å²) in [7, 11) is 0. The average Bonchev–Trinajstić information content (AvgIpc) is 2.70.